The van der Waals surface area contributed by atoms with E-state index in [0.717, 1.165) is 12.0 Å². The first-order valence-corrected chi connectivity index (χ1v) is 7.76. The number of ether oxygens (including phenoxy) is 1. The average molecular weight is 323 g/mol. The Hall–Kier alpha value is -2.01. The second kappa shape index (κ2) is 7.31. The van der Waals surface area contributed by atoms with Gasteiger partial charge in [-0.3, -0.25) is 0 Å². The monoisotopic (exact) mass is 322 g/mol. The second-order valence-electron chi connectivity index (χ2n) is 4.87. The second-order valence-corrected chi connectivity index (χ2v) is 5.14. The molecule has 2 rings (SSSR count). The predicted molar refractivity (Wildman–Crippen MR) is 84.6 cm³/mol. The van der Waals surface area contributed by atoms with E-state index in [1.165, 1.54) is 5.56 Å². The van der Waals surface area contributed by atoms with E-state index < -0.39 is 12.0 Å². The zero-order valence-electron chi connectivity index (χ0n) is 12.6. The van der Waals surface area contributed by atoms with Crippen LogP contribution in [0, 0.1) is 0 Å². The number of alkyl halides is 1. The van der Waals surface area contributed by atoms with Gasteiger partial charge >= 0.3 is 12.0 Å². The molecule has 0 fully saturated rings. The molecule has 0 bridgehead atoms. The van der Waals surface area contributed by atoms with Crippen molar-refractivity contribution in [1.29, 1.82) is 0 Å². The summed E-state index contributed by atoms with van der Waals surface area (Å²) in [6.45, 7) is 4.06. The topological polar surface area (TPSA) is 67.4 Å². The average Bonchev–Trinajstić information content (AvgIpc) is 2.54. The van der Waals surface area contributed by atoms with Crippen LogP contribution in [0.5, 0.6) is 0 Å². The Balaban J connectivity index is 2.44. The van der Waals surface area contributed by atoms with Crippen LogP contribution in [-0.4, -0.2) is 24.5 Å². The van der Waals surface area contributed by atoms with Crippen LogP contribution in [0.4, 0.5) is 4.79 Å². The van der Waals surface area contributed by atoms with Gasteiger partial charge in [0.25, 0.3) is 0 Å². The molecular formula is C16H19ClN2O3. The zero-order valence-corrected chi connectivity index (χ0v) is 13.4. The first-order chi connectivity index (χ1) is 10.6. The third kappa shape index (κ3) is 3.42. The van der Waals surface area contributed by atoms with E-state index in [0.29, 0.717) is 11.3 Å². The molecule has 1 atom stereocenters. The number of carbonyl (C=O) groups excluding carboxylic acids is 2. The highest BCUT2D eigenvalue weighted by Crippen LogP contribution is 2.28. The molecule has 1 aliphatic rings. The van der Waals surface area contributed by atoms with Crippen LogP contribution in [0.1, 0.15) is 31.0 Å². The molecule has 0 saturated heterocycles. The van der Waals surface area contributed by atoms with Gasteiger partial charge in [0.05, 0.1) is 24.1 Å². The largest absolute Gasteiger partial charge is 0.463 e. The number of aryl methyl sites for hydroxylation is 1. The molecular weight excluding hydrogens is 304 g/mol. The molecule has 0 aliphatic carbocycles. The Kier molecular flexibility index (Phi) is 5.44. The lowest BCUT2D eigenvalue weighted by atomic mass is 9.94. The molecule has 1 aromatic rings. The van der Waals surface area contributed by atoms with E-state index in [-0.39, 0.29) is 18.5 Å². The van der Waals surface area contributed by atoms with Crippen molar-refractivity contribution in [3.8, 4) is 0 Å². The molecule has 118 valence electrons. The van der Waals surface area contributed by atoms with Crippen LogP contribution in [0.25, 0.3) is 0 Å². The molecule has 0 saturated carbocycles. The molecule has 5 nitrogen and oxygen atoms in total. The highest BCUT2D eigenvalue weighted by atomic mass is 35.5. The number of hydrogen-bond donors (Lipinski definition) is 2. The summed E-state index contributed by atoms with van der Waals surface area (Å²) in [7, 11) is 0. The molecule has 0 spiro atoms. The Morgan fingerprint density at radius 2 is 1.95 bits per heavy atom. The number of esters is 1. The number of rotatable bonds is 5. The molecule has 1 aliphatic heterocycles. The summed E-state index contributed by atoms with van der Waals surface area (Å²) in [6, 6.07) is 6.82. The zero-order chi connectivity index (χ0) is 16.1. The van der Waals surface area contributed by atoms with Crippen molar-refractivity contribution in [3.05, 3.63) is 46.7 Å². The Morgan fingerprint density at radius 1 is 1.27 bits per heavy atom. The van der Waals surface area contributed by atoms with E-state index in [1.54, 1.807) is 6.92 Å². The molecule has 2 N–H and O–H groups in total. The van der Waals surface area contributed by atoms with Gasteiger partial charge in [-0.1, -0.05) is 31.2 Å². The minimum Gasteiger partial charge on any atom is -0.463 e. The summed E-state index contributed by atoms with van der Waals surface area (Å²) >= 11 is 5.88. The van der Waals surface area contributed by atoms with E-state index in [9.17, 15) is 9.59 Å². The maximum atomic E-state index is 12.3. The van der Waals surface area contributed by atoms with Gasteiger partial charge in [0, 0.05) is 5.70 Å². The van der Waals surface area contributed by atoms with Gasteiger partial charge in [0.1, 0.15) is 0 Å². The van der Waals surface area contributed by atoms with Crippen molar-refractivity contribution in [1.82, 2.24) is 10.6 Å². The van der Waals surface area contributed by atoms with Crippen molar-refractivity contribution >= 4 is 23.6 Å². The van der Waals surface area contributed by atoms with E-state index >= 15 is 0 Å². The summed E-state index contributed by atoms with van der Waals surface area (Å²) in [5, 5.41) is 5.33. The fourth-order valence-electron chi connectivity index (χ4n) is 2.37. The maximum Gasteiger partial charge on any atom is 0.338 e. The number of amides is 2. The number of carbonyl (C=O) groups is 2. The molecule has 0 aromatic heterocycles. The Morgan fingerprint density at radius 3 is 2.50 bits per heavy atom. The van der Waals surface area contributed by atoms with Crippen molar-refractivity contribution in [3.63, 3.8) is 0 Å². The maximum absolute atomic E-state index is 12.3. The smallest absolute Gasteiger partial charge is 0.338 e. The number of nitrogens with one attached hydrogen (secondary N) is 2. The van der Waals surface area contributed by atoms with Crippen molar-refractivity contribution < 1.29 is 14.3 Å². The van der Waals surface area contributed by atoms with Crippen LogP contribution in [-0.2, 0) is 16.0 Å². The van der Waals surface area contributed by atoms with Crippen molar-refractivity contribution in [2.75, 3.05) is 12.5 Å². The van der Waals surface area contributed by atoms with Gasteiger partial charge < -0.3 is 15.4 Å². The van der Waals surface area contributed by atoms with E-state index in [1.807, 2.05) is 24.3 Å². The third-order valence-electron chi connectivity index (χ3n) is 3.50. The quantitative estimate of drug-likeness (QED) is 0.647. The standard InChI is InChI=1S/C16H19ClN2O3/c1-3-10-5-7-11(8-6-10)14-13(15(20)22-4-2)12(9-17)18-16(21)19-14/h5-8,14H,3-4,9H2,1-2H3,(H2,18,19,21)/t14-/m1/s1. The number of urea groups is 1. The number of allylic oxidation sites excluding steroid dienone is 1. The highest BCUT2D eigenvalue weighted by molar-refractivity contribution is 6.20. The van der Waals surface area contributed by atoms with Gasteiger partial charge in [0.2, 0.25) is 0 Å². The van der Waals surface area contributed by atoms with Crippen LogP contribution < -0.4 is 10.6 Å². The summed E-state index contributed by atoms with van der Waals surface area (Å²) in [5.74, 6) is -0.444. The Labute approximate surface area is 134 Å². The molecule has 0 unspecified atom stereocenters. The molecule has 22 heavy (non-hydrogen) atoms. The van der Waals surface area contributed by atoms with Gasteiger partial charge in [-0.2, -0.15) is 0 Å². The molecule has 0 radical (unpaired) electrons. The van der Waals surface area contributed by atoms with Crippen molar-refractivity contribution in [2.45, 2.75) is 26.3 Å². The fourth-order valence-corrected chi connectivity index (χ4v) is 2.58. The van der Waals surface area contributed by atoms with Crippen LogP contribution in [0.2, 0.25) is 0 Å². The predicted octanol–water partition coefficient (Wildman–Crippen LogP) is 2.66. The number of benzene rings is 1. The minimum absolute atomic E-state index is 0.0328. The lowest BCUT2D eigenvalue weighted by molar-refractivity contribution is -0.139. The van der Waals surface area contributed by atoms with Crippen LogP contribution in [0.15, 0.2) is 35.5 Å². The van der Waals surface area contributed by atoms with E-state index in [2.05, 4.69) is 17.6 Å². The first-order valence-electron chi connectivity index (χ1n) is 7.23. The SMILES string of the molecule is CCOC(=O)C1=C(CCl)NC(=O)N[C@@H]1c1ccc(CC)cc1. The summed E-state index contributed by atoms with van der Waals surface area (Å²) < 4.78 is 5.10. The summed E-state index contributed by atoms with van der Waals surface area (Å²) in [4.78, 5) is 24.0. The lowest BCUT2D eigenvalue weighted by Crippen LogP contribution is -2.46. The fraction of sp³-hybridized carbons (Fsp3) is 0.375. The summed E-state index contributed by atoms with van der Waals surface area (Å²) in [5.41, 5.74) is 2.73. The summed E-state index contributed by atoms with van der Waals surface area (Å²) in [6.07, 6.45) is 0.923. The van der Waals surface area contributed by atoms with Crippen LogP contribution in [0.3, 0.4) is 0 Å². The van der Waals surface area contributed by atoms with Crippen LogP contribution >= 0.6 is 11.6 Å². The van der Waals surface area contributed by atoms with Crippen molar-refractivity contribution in [2.24, 2.45) is 0 Å². The number of hydrogen-bond acceptors (Lipinski definition) is 3. The van der Waals surface area contributed by atoms with Gasteiger partial charge in [0.15, 0.2) is 0 Å². The molecule has 2 amide bonds. The van der Waals surface area contributed by atoms with Gasteiger partial charge in [-0.15, -0.1) is 11.6 Å². The van der Waals surface area contributed by atoms with Gasteiger partial charge in [-0.25, -0.2) is 9.59 Å². The number of halogens is 1. The minimum atomic E-state index is -0.563. The third-order valence-corrected chi connectivity index (χ3v) is 3.77. The molecule has 6 heteroatoms. The van der Waals surface area contributed by atoms with E-state index in [4.69, 9.17) is 16.3 Å². The Bertz CT molecular complexity index is 596. The molecule has 1 heterocycles. The highest BCUT2D eigenvalue weighted by Gasteiger charge is 2.33. The van der Waals surface area contributed by atoms with Gasteiger partial charge in [-0.05, 0) is 24.5 Å². The molecule has 1 aromatic carbocycles. The lowest BCUT2D eigenvalue weighted by Gasteiger charge is -2.28. The normalized spacial score (nSPS) is 17.8. The first kappa shape index (κ1) is 16.4.